The van der Waals surface area contributed by atoms with Gasteiger partial charge in [0, 0.05) is 30.1 Å². The van der Waals surface area contributed by atoms with Crippen molar-refractivity contribution in [3.63, 3.8) is 0 Å². The molecule has 5 nitrogen and oxygen atoms in total. The average Bonchev–Trinajstić information content (AvgIpc) is 3.25. The number of carbonyl (C=O) groups is 2. The first kappa shape index (κ1) is 19.9. The zero-order valence-corrected chi connectivity index (χ0v) is 17.2. The van der Waals surface area contributed by atoms with Gasteiger partial charge >= 0.3 is 0 Å². The molecular weight excluding hydrogens is 378 g/mol. The van der Waals surface area contributed by atoms with E-state index in [1.54, 1.807) is 24.2 Å². The molecule has 144 valence electrons. The van der Waals surface area contributed by atoms with E-state index < -0.39 is 0 Å². The van der Waals surface area contributed by atoms with Crippen molar-refractivity contribution >= 4 is 40.0 Å². The molecule has 1 aromatic carbocycles. The van der Waals surface area contributed by atoms with E-state index in [1.807, 2.05) is 23.6 Å². The molecule has 1 aliphatic rings. The summed E-state index contributed by atoms with van der Waals surface area (Å²) in [7, 11) is 1.72. The Morgan fingerprint density at radius 1 is 1.26 bits per heavy atom. The minimum Gasteiger partial charge on any atom is -0.355 e. The number of thiazole rings is 1. The fourth-order valence-electron chi connectivity index (χ4n) is 3.26. The third-order valence-corrected chi connectivity index (χ3v) is 6.72. The van der Waals surface area contributed by atoms with E-state index in [2.05, 4.69) is 10.3 Å². The Hall–Kier alpha value is -1.86. The van der Waals surface area contributed by atoms with E-state index >= 15 is 0 Å². The molecule has 27 heavy (non-hydrogen) atoms. The second kappa shape index (κ2) is 9.90. The van der Waals surface area contributed by atoms with Gasteiger partial charge in [0.25, 0.3) is 5.91 Å². The van der Waals surface area contributed by atoms with Crippen LogP contribution in [0.5, 0.6) is 0 Å². The summed E-state index contributed by atoms with van der Waals surface area (Å²) in [6, 6.07) is 7.43. The first-order chi connectivity index (χ1) is 13.1. The normalized spacial score (nSPS) is 14.7. The van der Waals surface area contributed by atoms with Crippen LogP contribution >= 0.6 is 23.1 Å². The average molecular weight is 404 g/mol. The molecular formula is C20H25N3O2S2. The third kappa shape index (κ3) is 5.56. The lowest BCUT2D eigenvalue weighted by atomic mass is 9.89. The summed E-state index contributed by atoms with van der Waals surface area (Å²) >= 11 is 2.83. The molecule has 7 heteroatoms. The number of aromatic nitrogens is 1. The number of amides is 2. The lowest BCUT2D eigenvalue weighted by Gasteiger charge is -2.21. The van der Waals surface area contributed by atoms with Crippen molar-refractivity contribution in [1.82, 2.24) is 10.3 Å². The molecule has 0 spiro atoms. The number of hydrogen-bond acceptors (Lipinski definition) is 5. The molecule has 3 rings (SSSR count). The lowest BCUT2D eigenvalue weighted by Crippen LogP contribution is -2.31. The quantitative estimate of drug-likeness (QED) is 0.704. The van der Waals surface area contributed by atoms with Gasteiger partial charge < -0.3 is 5.32 Å². The van der Waals surface area contributed by atoms with Gasteiger partial charge in [-0.2, -0.15) is 0 Å². The fourth-order valence-corrected chi connectivity index (χ4v) is 4.74. The van der Waals surface area contributed by atoms with Crippen molar-refractivity contribution in [3.05, 3.63) is 41.4 Å². The summed E-state index contributed by atoms with van der Waals surface area (Å²) in [6.45, 7) is 0.771. The molecule has 0 unspecified atom stereocenters. The zero-order valence-electron chi connectivity index (χ0n) is 15.5. The van der Waals surface area contributed by atoms with Gasteiger partial charge in [-0.15, -0.1) is 23.1 Å². The maximum Gasteiger partial charge on any atom is 0.260 e. The molecule has 1 fully saturated rings. The van der Waals surface area contributed by atoms with Crippen LogP contribution in [0.1, 0.15) is 42.5 Å². The zero-order chi connectivity index (χ0) is 19.1. The number of hydrogen-bond donors (Lipinski definition) is 1. The Balaban J connectivity index is 1.55. The summed E-state index contributed by atoms with van der Waals surface area (Å²) < 4.78 is 0. The number of benzene rings is 1. The topological polar surface area (TPSA) is 62.3 Å². The predicted octanol–water partition coefficient (Wildman–Crippen LogP) is 4.21. The van der Waals surface area contributed by atoms with Crippen molar-refractivity contribution in [3.8, 4) is 0 Å². The van der Waals surface area contributed by atoms with Crippen LogP contribution in [0.3, 0.4) is 0 Å². The molecule has 1 heterocycles. The van der Waals surface area contributed by atoms with Crippen molar-refractivity contribution in [2.24, 2.45) is 5.92 Å². The lowest BCUT2D eigenvalue weighted by molar-refractivity contribution is -0.118. The monoisotopic (exact) mass is 403 g/mol. The van der Waals surface area contributed by atoms with Crippen LogP contribution in [0.4, 0.5) is 5.13 Å². The summed E-state index contributed by atoms with van der Waals surface area (Å²) in [5.74, 6) is 0.850. The van der Waals surface area contributed by atoms with Gasteiger partial charge in [0.2, 0.25) is 5.91 Å². The van der Waals surface area contributed by atoms with Crippen molar-refractivity contribution in [2.75, 3.05) is 24.2 Å². The first-order valence-electron chi connectivity index (χ1n) is 9.31. The number of nitrogens with one attached hydrogen (secondary N) is 1. The van der Waals surface area contributed by atoms with Crippen molar-refractivity contribution in [1.29, 1.82) is 0 Å². The Morgan fingerprint density at radius 3 is 2.78 bits per heavy atom. The molecule has 1 aliphatic carbocycles. The van der Waals surface area contributed by atoms with Crippen LogP contribution in [0.25, 0.3) is 0 Å². The molecule has 1 saturated carbocycles. The molecule has 0 atom stereocenters. The molecule has 0 bridgehead atoms. The predicted molar refractivity (Wildman–Crippen MR) is 112 cm³/mol. The van der Waals surface area contributed by atoms with Gasteiger partial charge in [-0.05, 0) is 30.9 Å². The number of thioether (sulfide) groups is 1. The molecule has 1 aromatic heterocycles. The maximum atomic E-state index is 12.8. The minimum absolute atomic E-state index is 0.0288. The van der Waals surface area contributed by atoms with Crippen LogP contribution < -0.4 is 10.2 Å². The smallest absolute Gasteiger partial charge is 0.260 e. The molecule has 1 N–H and O–H groups in total. The molecule has 2 amide bonds. The summed E-state index contributed by atoms with van der Waals surface area (Å²) in [4.78, 5) is 31.6. The fraction of sp³-hybridized carbons (Fsp3) is 0.450. The van der Waals surface area contributed by atoms with Crippen molar-refractivity contribution in [2.45, 2.75) is 37.0 Å². The number of nitrogens with zero attached hydrogens (tertiary/aromatic N) is 2. The van der Waals surface area contributed by atoms with Crippen LogP contribution in [0.2, 0.25) is 0 Å². The standard InChI is InChI=1S/C20H25N3O2S2/c1-23(20-21-11-12-26-20)19(25)16-9-5-6-10-17(16)27-14-18(24)22-13-15-7-3-2-4-8-15/h5-6,9-12,15H,2-4,7-8,13-14H2,1H3,(H,22,24). The second-order valence-corrected chi connectivity index (χ2v) is 8.66. The number of carbonyl (C=O) groups excluding carboxylic acids is 2. The Bertz CT molecular complexity index is 758. The highest BCUT2D eigenvalue weighted by molar-refractivity contribution is 8.00. The molecule has 0 saturated heterocycles. The first-order valence-corrected chi connectivity index (χ1v) is 11.2. The minimum atomic E-state index is -0.115. The number of anilines is 1. The largest absolute Gasteiger partial charge is 0.355 e. The Labute approximate surface area is 168 Å². The molecule has 0 radical (unpaired) electrons. The van der Waals surface area contributed by atoms with E-state index in [0.717, 1.165) is 11.4 Å². The Morgan fingerprint density at radius 2 is 2.04 bits per heavy atom. The summed E-state index contributed by atoms with van der Waals surface area (Å²) in [5.41, 5.74) is 0.597. The van der Waals surface area contributed by atoms with Gasteiger partial charge in [0.05, 0.1) is 11.3 Å². The summed E-state index contributed by atoms with van der Waals surface area (Å²) in [5, 5.41) is 5.55. The van der Waals surface area contributed by atoms with Gasteiger partial charge in [-0.25, -0.2) is 4.98 Å². The van der Waals surface area contributed by atoms with Crippen LogP contribution in [-0.2, 0) is 4.79 Å². The van der Waals surface area contributed by atoms with Crippen LogP contribution in [0.15, 0.2) is 40.7 Å². The van der Waals surface area contributed by atoms with E-state index in [1.165, 1.54) is 55.2 Å². The SMILES string of the molecule is CN(C(=O)c1ccccc1SCC(=O)NCC1CCCCC1)c1nccs1. The molecule has 0 aliphatic heterocycles. The van der Waals surface area contributed by atoms with Crippen molar-refractivity contribution < 1.29 is 9.59 Å². The highest BCUT2D eigenvalue weighted by Gasteiger charge is 2.19. The number of rotatable bonds is 7. The van der Waals surface area contributed by atoms with E-state index in [4.69, 9.17) is 0 Å². The third-order valence-electron chi connectivity index (χ3n) is 4.80. The van der Waals surface area contributed by atoms with Gasteiger partial charge in [0.1, 0.15) is 0 Å². The molecule has 2 aromatic rings. The van der Waals surface area contributed by atoms with E-state index in [-0.39, 0.29) is 11.8 Å². The van der Waals surface area contributed by atoms with Crippen LogP contribution in [-0.4, -0.2) is 36.1 Å². The second-order valence-electron chi connectivity index (χ2n) is 6.77. The van der Waals surface area contributed by atoms with Crippen LogP contribution in [0, 0.1) is 5.92 Å². The van der Waals surface area contributed by atoms with Gasteiger partial charge in [-0.3, -0.25) is 14.5 Å². The van der Waals surface area contributed by atoms with Gasteiger partial charge in [-0.1, -0.05) is 31.4 Å². The van der Waals surface area contributed by atoms with Gasteiger partial charge in [0.15, 0.2) is 5.13 Å². The highest BCUT2D eigenvalue weighted by Crippen LogP contribution is 2.26. The summed E-state index contributed by atoms with van der Waals surface area (Å²) in [6.07, 6.45) is 7.98. The maximum absolute atomic E-state index is 12.8. The highest BCUT2D eigenvalue weighted by atomic mass is 32.2. The Kier molecular flexibility index (Phi) is 7.29. The van der Waals surface area contributed by atoms with E-state index in [9.17, 15) is 9.59 Å². The van der Waals surface area contributed by atoms with E-state index in [0.29, 0.717) is 22.4 Å².